The molecule has 1 fully saturated rings. The van der Waals surface area contributed by atoms with Crippen LogP contribution in [0.3, 0.4) is 0 Å². The fourth-order valence-electron chi connectivity index (χ4n) is 2.45. The molecule has 1 N–H and O–H groups in total. The highest BCUT2D eigenvalue weighted by Gasteiger charge is 2.32. The smallest absolute Gasteiger partial charge is 0.0880 e. The van der Waals surface area contributed by atoms with E-state index in [0.717, 1.165) is 38.9 Å². The third-order valence-corrected chi connectivity index (χ3v) is 4.28. The van der Waals surface area contributed by atoms with Gasteiger partial charge in [0, 0.05) is 27.3 Å². The molecule has 4 heteroatoms. The zero-order valence-electron chi connectivity index (χ0n) is 12.5. The van der Waals surface area contributed by atoms with Gasteiger partial charge in [0.05, 0.1) is 17.3 Å². The Kier molecular flexibility index (Phi) is 5.59. The lowest BCUT2D eigenvalue weighted by atomic mass is 9.93. The topological polar surface area (TPSA) is 41.9 Å². The molecule has 0 bridgehead atoms. The van der Waals surface area contributed by atoms with Crippen LogP contribution in [-0.2, 0) is 9.47 Å². The molecule has 0 saturated carbocycles. The molecule has 18 heavy (non-hydrogen) atoms. The molecule has 0 amide bonds. The van der Waals surface area contributed by atoms with Gasteiger partial charge in [-0.25, -0.2) is 0 Å². The number of likely N-dealkylation sites (tertiary alicyclic amines) is 1. The van der Waals surface area contributed by atoms with Gasteiger partial charge < -0.3 is 19.5 Å². The molecular weight excluding hydrogens is 230 g/mol. The largest absolute Gasteiger partial charge is 0.390 e. The molecule has 1 rings (SSSR count). The number of rotatable bonds is 6. The van der Waals surface area contributed by atoms with Gasteiger partial charge in [-0.15, -0.1) is 0 Å². The molecule has 1 heterocycles. The summed E-state index contributed by atoms with van der Waals surface area (Å²) < 4.78 is 10.9. The maximum absolute atomic E-state index is 10.1. The van der Waals surface area contributed by atoms with E-state index in [1.807, 2.05) is 13.8 Å². The Morgan fingerprint density at radius 1 is 1.39 bits per heavy atom. The SMILES string of the molecule is COC1(C)CCCN(CCC(O)C(C)(C)OC)C1. The van der Waals surface area contributed by atoms with E-state index in [9.17, 15) is 5.11 Å². The van der Waals surface area contributed by atoms with E-state index in [1.165, 1.54) is 0 Å². The number of hydrogen-bond donors (Lipinski definition) is 1. The second kappa shape index (κ2) is 6.33. The Morgan fingerprint density at radius 3 is 2.61 bits per heavy atom. The summed E-state index contributed by atoms with van der Waals surface area (Å²) >= 11 is 0. The average molecular weight is 259 g/mol. The van der Waals surface area contributed by atoms with Crippen LogP contribution in [0.15, 0.2) is 0 Å². The number of ether oxygens (including phenoxy) is 2. The number of aliphatic hydroxyl groups excluding tert-OH is 1. The Labute approximate surface area is 111 Å². The van der Waals surface area contributed by atoms with Crippen LogP contribution in [0.25, 0.3) is 0 Å². The second-order valence-corrected chi connectivity index (χ2v) is 6.15. The third kappa shape index (κ3) is 4.19. The number of aliphatic hydroxyl groups is 1. The summed E-state index contributed by atoms with van der Waals surface area (Å²) in [6.07, 6.45) is 2.58. The lowest BCUT2D eigenvalue weighted by molar-refractivity contribution is -0.0887. The van der Waals surface area contributed by atoms with E-state index in [-0.39, 0.29) is 5.60 Å². The number of hydrogen-bond acceptors (Lipinski definition) is 4. The van der Waals surface area contributed by atoms with Crippen LogP contribution in [0.1, 0.15) is 40.0 Å². The van der Waals surface area contributed by atoms with Crippen molar-refractivity contribution in [2.45, 2.75) is 57.3 Å². The van der Waals surface area contributed by atoms with E-state index in [0.29, 0.717) is 0 Å². The Balaban J connectivity index is 2.40. The normalized spacial score (nSPS) is 28.3. The Morgan fingerprint density at radius 2 is 2.06 bits per heavy atom. The summed E-state index contributed by atoms with van der Waals surface area (Å²) in [5.74, 6) is 0. The molecule has 0 aliphatic carbocycles. The third-order valence-electron chi connectivity index (χ3n) is 4.28. The van der Waals surface area contributed by atoms with Crippen LogP contribution in [-0.4, -0.2) is 61.2 Å². The molecule has 0 aromatic carbocycles. The van der Waals surface area contributed by atoms with Crippen molar-refractivity contribution < 1.29 is 14.6 Å². The molecular formula is C14H29NO3. The molecule has 1 aliphatic heterocycles. The maximum Gasteiger partial charge on any atom is 0.0880 e. The van der Waals surface area contributed by atoms with Crippen molar-refractivity contribution in [2.75, 3.05) is 33.9 Å². The molecule has 2 unspecified atom stereocenters. The van der Waals surface area contributed by atoms with Crippen molar-refractivity contribution in [1.82, 2.24) is 4.90 Å². The van der Waals surface area contributed by atoms with Crippen molar-refractivity contribution in [3.8, 4) is 0 Å². The number of nitrogens with zero attached hydrogens (tertiary/aromatic N) is 1. The van der Waals surface area contributed by atoms with Gasteiger partial charge in [-0.05, 0) is 46.6 Å². The highest BCUT2D eigenvalue weighted by molar-refractivity contribution is 4.86. The monoisotopic (exact) mass is 259 g/mol. The summed E-state index contributed by atoms with van der Waals surface area (Å²) in [5, 5.41) is 10.1. The molecule has 0 radical (unpaired) electrons. The van der Waals surface area contributed by atoms with Crippen LogP contribution in [0, 0.1) is 0 Å². The Bertz CT molecular complexity index is 257. The molecule has 1 saturated heterocycles. The molecule has 4 nitrogen and oxygen atoms in total. The first kappa shape index (κ1) is 15.9. The van der Waals surface area contributed by atoms with E-state index in [1.54, 1.807) is 14.2 Å². The first-order chi connectivity index (χ1) is 8.33. The average Bonchev–Trinajstić information content (AvgIpc) is 2.36. The van der Waals surface area contributed by atoms with Crippen LogP contribution in [0.4, 0.5) is 0 Å². The quantitative estimate of drug-likeness (QED) is 0.788. The van der Waals surface area contributed by atoms with Gasteiger partial charge >= 0.3 is 0 Å². The van der Waals surface area contributed by atoms with Crippen molar-refractivity contribution in [3.05, 3.63) is 0 Å². The number of piperidine rings is 1. The van der Waals surface area contributed by atoms with Crippen LogP contribution < -0.4 is 0 Å². The van der Waals surface area contributed by atoms with Crippen molar-refractivity contribution in [3.63, 3.8) is 0 Å². The zero-order valence-corrected chi connectivity index (χ0v) is 12.5. The lowest BCUT2D eigenvalue weighted by Gasteiger charge is -2.40. The second-order valence-electron chi connectivity index (χ2n) is 6.15. The lowest BCUT2D eigenvalue weighted by Crippen LogP contribution is -2.49. The summed E-state index contributed by atoms with van der Waals surface area (Å²) in [6.45, 7) is 8.95. The predicted octanol–water partition coefficient (Wildman–Crippen LogP) is 1.66. The summed E-state index contributed by atoms with van der Waals surface area (Å²) in [5.41, 5.74) is -0.500. The van der Waals surface area contributed by atoms with Gasteiger partial charge in [0.25, 0.3) is 0 Å². The van der Waals surface area contributed by atoms with Crippen molar-refractivity contribution in [2.24, 2.45) is 0 Å². The first-order valence-corrected chi connectivity index (χ1v) is 6.84. The molecule has 0 aromatic heterocycles. The molecule has 1 aliphatic rings. The van der Waals surface area contributed by atoms with E-state index < -0.39 is 11.7 Å². The van der Waals surface area contributed by atoms with Gasteiger partial charge in [-0.1, -0.05) is 0 Å². The highest BCUT2D eigenvalue weighted by Crippen LogP contribution is 2.24. The van der Waals surface area contributed by atoms with E-state index >= 15 is 0 Å². The minimum absolute atomic E-state index is 0.0278. The summed E-state index contributed by atoms with van der Waals surface area (Å²) in [4.78, 5) is 2.38. The standard InChI is InChI=1S/C14H29NO3/c1-13(2,17-4)12(16)7-10-15-9-6-8-14(3,11-15)18-5/h12,16H,6-11H2,1-5H3. The van der Waals surface area contributed by atoms with Gasteiger partial charge in [0.15, 0.2) is 0 Å². The number of methoxy groups -OCH3 is 2. The minimum Gasteiger partial charge on any atom is -0.390 e. The summed E-state index contributed by atoms with van der Waals surface area (Å²) in [7, 11) is 3.43. The van der Waals surface area contributed by atoms with Crippen molar-refractivity contribution >= 4 is 0 Å². The fraction of sp³-hybridized carbons (Fsp3) is 1.00. The predicted molar refractivity (Wildman–Crippen MR) is 72.8 cm³/mol. The van der Waals surface area contributed by atoms with Gasteiger partial charge in [0.1, 0.15) is 0 Å². The van der Waals surface area contributed by atoms with Crippen molar-refractivity contribution in [1.29, 1.82) is 0 Å². The maximum atomic E-state index is 10.1. The molecule has 0 spiro atoms. The fourth-order valence-corrected chi connectivity index (χ4v) is 2.45. The summed E-state index contributed by atoms with van der Waals surface area (Å²) in [6, 6.07) is 0. The van der Waals surface area contributed by atoms with Gasteiger partial charge in [0.2, 0.25) is 0 Å². The molecule has 2 atom stereocenters. The van der Waals surface area contributed by atoms with Gasteiger partial charge in [-0.3, -0.25) is 0 Å². The Hall–Kier alpha value is -0.160. The zero-order chi connectivity index (χ0) is 13.8. The van der Waals surface area contributed by atoms with Crippen LogP contribution in [0.2, 0.25) is 0 Å². The minimum atomic E-state index is -0.472. The van der Waals surface area contributed by atoms with Gasteiger partial charge in [-0.2, -0.15) is 0 Å². The van der Waals surface area contributed by atoms with Crippen LogP contribution in [0.5, 0.6) is 0 Å². The molecule has 108 valence electrons. The van der Waals surface area contributed by atoms with Crippen LogP contribution >= 0.6 is 0 Å². The van der Waals surface area contributed by atoms with E-state index in [2.05, 4.69) is 11.8 Å². The first-order valence-electron chi connectivity index (χ1n) is 6.84. The highest BCUT2D eigenvalue weighted by atomic mass is 16.5. The molecule has 0 aromatic rings. The van der Waals surface area contributed by atoms with E-state index in [4.69, 9.17) is 9.47 Å².